The number of hydrogen-bond acceptors (Lipinski definition) is 7. The molecule has 0 aliphatic carbocycles. The Hall–Kier alpha value is -3.98. The maximum Gasteiger partial charge on any atom is 0.300 e. The van der Waals surface area contributed by atoms with Crippen molar-refractivity contribution in [2.45, 2.75) is 13.0 Å². The minimum absolute atomic E-state index is 0.0850. The van der Waals surface area contributed by atoms with Crippen molar-refractivity contribution in [1.82, 2.24) is 0 Å². The van der Waals surface area contributed by atoms with Gasteiger partial charge in [0.2, 0.25) is 0 Å². The van der Waals surface area contributed by atoms with E-state index in [0.29, 0.717) is 22.9 Å². The van der Waals surface area contributed by atoms with Crippen LogP contribution in [0.25, 0.3) is 5.76 Å². The lowest BCUT2D eigenvalue weighted by Crippen LogP contribution is -2.29. The molecule has 0 bridgehead atoms. The molecule has 1 aliphatic heterocycles. The van der Waals surface area contributed by atoms with Crippen molar-refractivity contribution >= 4 is 40.2 Å². The first-order valence-electron chi connectivity index (χ1n) is 9.74. The van der Waals surface area contributed by atoms with Gasteiger partial charge in [0, 0.05) is 34.3 Å². The summed E-state index contributed by atoms with van der Waals surface area (Å²) in [5, 5.41) is 24.0. The van der Waals surface area contributed by atoms with E-state index in [2.05, 4.69) is 0 Å². The van der Waals surface area contributed by atoms with Crippen LogP contribution in [0.5, 0.6) is 5.75 Å². The molecular weight excluding hydrogens is 432 g/mol. The molecule has 1 aliphatic rings. The van der Waals surface area contributed by atoms with Gasteiger partial charge in [-0.3, -0.25) is 24.6 Å². The van der Waals surface area contributed by atoms with Crippen LogP contribution in [0.15, 0.2) is 71.6 Å². The van der Waals surface area contributed by atoms with Crippen LogP contribution in [0.4, 0.5) is 11.4 Å². The summed E-state index contributed by atoms with van der Waals surface area (Å²) in [5.74, 6) is -1.59. The molecule has 3 aromatic rings. The Morgan fingerprint density at radius 2 is 1.94 bits per heavy atom. The first-order chi connectivity index (χ1) is 15.4. The van der Waals surface area contributed by atoms with Crippen molar-refractivity contribution in [3.8, 4) is 5.75 Å². The van der Waals surface area contributed by atoms with Gasteiger partial charge in [-0.2, -0.15) is 0 Å². The molecule has 9 heteroatoms. The number of hydrogen-bond donors (Lipinski definition) is 1. The van der Waals surface area contributed by atoms with Gasteiger partial charge in [0.1, 0.15) is 17.6 Å². The predicted octanol–water partition coefficient (Wildman–Crippen LogP) is 4.68. The third kappa shape index (κ3) is 3.74. The van der Waals surface area contributed by atoms with E-state index in [-0.39, 0.29) is 16.8 Å². The Morgan fingerprint density at radius 1 is 1.16 bits per heavy atom. The minimum Gasteiger partial charge on any atom is -0.507 e. The number of anilines is 1. The minimum atomic E-state index is -0.883. The number of nitrogens with zero attached hydrogens (tertiary/aromatic N) is 2. The van der Waals surface area contributed by atoms with Crippen LogP contribution in [-0.2, 0) is 9.59 Å². The second-order valence-corrected chi connectivity index (χ2v) is 7.90. The SMILES string of the molecule is CCOc1cccc(N2C(=O)C(=O)/C(=C(\O)c3cccc([N+](=O)[O-])c3)C2c2cccs2)c1. The number of non-ortho nitro benzene ring substituents is 1. The van der Waals surface area contributed by atoms with Crippen LogP contribution in [0, 0.1) is 10.1 Å². The van der Waals surface area contributed by atoms with Crippen molar-refractivity contribution < 1.29 is 24.4 Å². The normalized spacial score (nSPS) is 17.5. The molecule has 1 amide bonds. The average molecular weight is 450 g/mol. The highest BCUT2D eigenvalue weighted by Crippen LogP contribution is 2.44. The van der Waals surface area contributed by atoms with Crippen LogP contribution >= 0.6 is 11.3 Å². The zero-order valence-corrected chi connectivity index (χ0v) is 17.7. The molecular formula is C23H18N2O6S. The molecule has 8 nitrogen and oxygen atoms in total. The van der Waals surface area contributed by atoms with E-state index < -0.39 is 28.4 Å². The van der Waals surface area contributed by atoms with Crippen molar-refractivity contribution in [2.24, 2.45) is 0 Å². The van der Waals surface area contributed by atoms with Crippen LogP contribution in [-0.4, -0.2) is 28.3 Å². The van der Waals surface area contributed by atoms with E-state index in [1.807, 2.05) is 6.92 Å². The summed E-state index contributed by atoms with van der Waals surface area (Å²) in [7, 11) is 0. The lowest BCUT2D eigenvalue weighted by molar-refractivity contribution is -0.384. The van der Waals surface area contributed by atoms with E-state index in [1.165, 1.54) is 40.5 Å². The number of aliphatic hydroxyl groups is 1. The molecule has 1 atom stereocenters. The van der Waals surface area contributed by atoms with Gasteiger partial charge in [0.25, 0.3) is 17.4 Å². The fourth-order valence-electron chi connectivity index (χ4n) is 3.63. The first kappa shape index (κ1) is 21.3. The molecule has 4 rings (SSSR count). The number of ether oxygens (including phenoxy) is 1. The number of nitro benzene ring substituents is 1. The van der Waals surface area contributed by atoms with Crippen LogP contribution in [0.2, 0.25) is 0 Å². The van der Waals surface area contributed by atoms with Gasteiger partial charge in [-0.15, -0.1) is 11.3 Å². The molecule has 162 valence electrons. The molecule has 0 saturated carbocycles. The number of carbonyl (C=O) groups is 2. The van der Waals surface area contributed by atoms with Gasteiger partial charge in [-0.05, 0) is 30.5 Å². The Balaban J connectivity index is 1.90. The molecule has 1 fully saturated rings. The summed E-state index contributed by atoms with van der Waals surface area (Å²) < 4.78 is 5.53. The Bertz CT molecular complexity index is 1230. The second kappa shape index (κ2) is 8.64. The third-order valence-electron chi connectivity index (χ3n) is 4.99. The smallest absolute Gasteiger partial charge is 0.300 e. The molecule has 0 radical (unpaired) electrons. The summed E-state index contributed by atoms with van der Waals surface area (Å²) in [5.41, 5.74) is 0.163. The maximum atomic E-state index is 13.1. The van der Waals surface area contributed by atoms with Crippen molar-refractivity contribution in [2.75, 3.05) is 11.5 Å². The number of benzene rings is 2. The van der Waals surface area contributed by atoms with E-state index in [1.54, 1.807) is 41.8 Å². The Labute approximate surface area is 187 Å². The van der Waals surface area contributed by atoms with Crippen molar-refractivity contribution in [1.29, 1.82) is 0 Å². The number of rotatable bonds is 6. The van der Waals surface area contributed by atoms with Crippen molar-refractivity contribution in [3.05, 3.63) is 92.2 Å². The number of thiophene rings is 1. The third-order valence-corrected chi connectivity index (χ3v) is 5.92. The van der Waals surface area contributed by atoms with Gasteiger partial charge in [-0.25, -0.2) is 0 Å². The number of ketones is 1. The highest BCUT2D eigenvalue weighted by atomic mass is 32.1. The number of amides is 1. The predicted molar refractivity (Wildman–Crippen MR) is 120 cm³/mol. The number of Topliss-reactive ketones (excluding diaryl/α,β-unsaturated/α-hetero) is 1. The summed E-state index contributed by atoms with van der Waals surface area (Å²) in [6, 6.07) is 14.8. The molecule has 2 heterocycles. The van der Waals surface area contributed by atoms with Gasteiger partial charge in [0.05, 0.1) is 17.1 Å². The van der Waals surface area contributed by atoms with E-state index in [4.69, 9.17) is 4.74 Å². The quantitative estimate of drug-likeness (QED) is 0.192. The lowest BCUT2D eigenvalue weighted by Gasteiger charge is -2.24. The molecule has 1 aromatic heterocycles. The summed E-state index contributed by atoms with van der Waals surface area (Å²) in [6.07, 6.45) is 0. The zero-order valence-electron chi connectivity index (χ0n) is 16.9. The van der Waals surface area contributed by atoms with Crippen LogP contribution in [0.3, 0.4) is 0 Å². The number of carbonyl (C=O) groups excluding carboxylic acids is 2. The standard InChI is InChI=1S/C23H18N2O6S/c1-2-31-17-9-4-7-15(13-17)24-20(18-10-5-11-32-18)19(22(27)23(24)28)21(26)14-6-3-8-16(12-14)25(29)30/h3-13,20,26H,2H2,1H3/b21-19-. The Morgan fingerprint density at radius 3 is 2.62 bits per heavy atom. The average Bonchev–Trinajstić information content (AvgIpc) is 3.41. The second-order valence-electron chi connectivity index (χ2n) is 6.92. The summed E-state index contributed by atoms with van der Waals surface area (Å²) >= 11 is 1.33. The van der Waals surface area contributed by atoms with Gasteiger partial charge in [-0.1, -0.05) is 24.3 Å². The fraction of sp³-hybridized carbons (Fsp3) is 0.130. The van der Waals surface area contributed by atoms with Gasteiger partial charge >= 0.3 is 0 Å². The van der Waals surface area contributed by atoms with Crippen LogP contribution in [0.1, 0.15) is 23.4 Å². The summed E-state index contributed by atoms with van der Waals surface area (Å²) in [4.78, 5) is 38.7. The monoisotopic (exact) mass is 450 g/mol. The summed E-state index contributed by atoms with van der Waals surface area (Å²) in [6.45, 7) is 2.27. The zero-order chi connectivity index (χ0) is 22.8. The lowest BCUT2D eigenvalue weighted by atomic mass is 9.99. The molecule has 1 saturated heterocycles. The van der Waals surface area contributed by atoms with E-state index in [0.717, 1.165) is 0 Å². The molecule has 1 N–H and O–H groups in total. The molecule has 2 aromatic carbocycles. The number of aliphatic hydroxyl groups excluding tert-OH is 1. The van der Waals surface area contributed by atoms with Crippen LogP contribution < -0.4 is 9.64 Å². The first-order valence-corrected chi connectivity index (χ1v) is 10.6. The topological polar surface area (TPSA) is 110 Å². The fourth-order valence-corrected chi connectivity index (χ4v) is 4.45. The highest BCUT2D eigenvalue weighted by molar-refractivity contribution is 7.10. The molecule has 32 heavy (non-hydrogen) atoms. The highest BCUT2D eigenvalue weighted by Gasteiger charge is 2.47. The van der Waals surface area contributed by atoms with Gasteiger partial charge < -0.3 is 9.84 Å². The number of nitro groups is 1. The molecule has 0 spiro atoms. The Kier molecular flexibility index (Phi) is 5.74. The van der Waals surface area contributed by atoms with Crippen molar-refractivity contribution in [3.63, 3.8) is 0 Å². The maximum absolute atomic E-state index is 13.1. The van der Waals surface area contributed by atoms with E-state index >= 15 is 0 Å². The molecule has 1 unspecified atom stereocenters. The van der Waals surface area contributed by atoms with Gasteiger partial charge in [0.15, 0.2) is 0 Å². The largest absolute Gasteiger partial charge is 0.507 e. The van der Waals surface area contributed by atoms with E-state index in [9.17, 15) is 24.8 Å².